The predicted molar refractivity (Wildman–Crippen MR) is 164 cm³/mol. The molecular weight excluding hydrogens is 516 g/mol. The Labute approximate surface area is 246 Å². The summed E-state index contributed by atoms with van der Waals surface area (Å²) < 4.78 is 12.5. The highest BCUT2D eigenvalue weighted by Crippen LogP contribution is 2.46. The summed E-state index contributed by atoms with van der Waals surface area (Å²) in [5.74, 6) is 4.05. The van der Waals surface area contributed by atoms with E-state index < -0.39 is 0 Å². The molecule has 3 unspecified atom stereocenters. The molecule has 1 aliphatic carbocycles. The van der Waals surface area contributed by atoms with Gasteiger partial charge in [-0.3, -0.25) is 0 Å². The first-order valence-corrected chi connectivity index (χ1v) is 15.6. The van der Waals surface area contributed by atoms with Gasteiger partial charge >= 0.3 is 0 Å². The Bertz CT molecular complexity index is 1060. The Kier molecular flexibility index (Phi) is 11.5. The number of aliphatic hydroxyl groups excluding tert-OH is 2. The highest BCUT2D eigenvalue weighted by Gasteiger charge is 2.45. The van der Waals surface area contributed by atoms with Crippen molar-refractivity contribution in [3.8, 4) is 11.5 Å². The van der Waals surface area contributed by atoms with Crippen LogP contribution in [0.1, 0.15) is 84.1 Å². The van der Waals surface area contributed by atoms with Crippen LogP contribution in [0.15, 0.2) is 46.8 Å². The van der Waals surface area contributed by atoms with Gasteiger partial charge in [0.1, 0.15) is 30.2 Å². The van der Waals surface area contributed by atoms with Crippen molar-refractivity contribution in [3.05, 3.63) is 59.2 Å². The third kappa shape index (κ3) is 8.46. The molecule has 0 saturated heterocycles. The lowest BCUT2D eigenvalue weighted by Crippen LogP contribution is -2.33. The summed E-state index contributed by atoms with van der Waals surface area (Å²) in [7, 11) is 0. The molecule has 4 rings (SSSR count). The second-order valence-electron chi connectivity index (χ2n) is 12.2. The average Bonchev–Trinajstić information content (AvgIpc) is 3.63. The number of hydrogen-bond acceptors (Lipinski definition) is 7. The van der Waals surface area contributed by atoms with Gasteiger partial charge in [-0.1, -0.05) is 57.3 Å². The summed E-state index contributed by atoms with van der Waals surface area (Å²) in [6.07, 6.45) is 16.1. The first-order valence-electron chi connectivity index (χ1n) is 15.6. The molecule has 7 heteroatoms. The van der Waals surface area contributed by atoms with Crippen LogP contribution in [0.5, 0.6) is 11.5 Å². The van der Waals surface area contributed by atoms with E-state index in [4.69, 9.17) is 14.5 Å². The number of aliphatic imine (C=N–C) groups is 1. The van der Waals surface area contributed by atoms with Gasteiger partial charge in [-0.15, -0.1) is 4.99 Å². The molecule has 7 nitrogen and oxygen atoms in total. The second kappa shape index (κ2) is 15.0. The molecule has 4 N–H and O–H groups in total. The van der Waals surface area contributed by atoms with Crippen molar-refractivity contribution in [3.63, 3.8) is 0 Å². The van der Waals surface area contributed by atoms with Crippen LogP contribution in [0, 0.1) is 23.2 Å². The van der Waals surface area contributed by atoms with Crippen molar-refractivity contribution in [2.45, 2.75) is 97.2 Å². The molecule has 1 aromatic carbocycles. The largest absolute Gasteiger partial charge is 0.592 e. The molecular formula is C34H50N2O5. The molecule has 2 aliphatic heterocycles. The van der Waals surface area contributed by atoms with E-state index in [2.05, 4.69) is 25.2 Å². The fourth-order valence-electron chi connectivity index (χ4n) is 6.08. The van der Waals surface area contributed by atoms with Gasteiger partial charge in [0.25, 0.3) is 0 Å². The van der Waals surface area contributed by atoms with Gasteiger partial charge in [0.05, 0.1) is 12.0 Å². The van der Waals surface area contributed by atoms with Gasteiger partial charge in [-0.05, 0) is 57.2 Å². The molecule has 0 aromatic heterocycles. The van der Waals surface area contributed by atoms with Crippen molar-refractivity contribution < 1.29 is 24.8 Å². The zero-order valence-electron chi connectivity index (χ0n) is 25.2. The molecule has 3 aliphatic rings. The fourth-order valence-corrected chi connectivity index (χ4v) is 6.08. The Morgan fingerprint density at radius 3 is 2.73 bits per heavy atom. The number of ether oxygens (including phenoxy) is 2. The lowest BCUT2D eigenvalue weighted by Gasteiger charge is -2.32. The van der Waals surface area contributed by atoms with E-state index in [1.807, 2.05) is 24.4 Å². The number of phenolic OH excluding ortho intramolecular Hbond substituents is 1. The number of aryl methyl sites for hydroxylation is 1. The summed E-state index contributed by atoms with van der Waals surface area (Å²) >= 11 is 0. The summed E-state index contributed by atoms with van der Waals surface area (Å²) in [4.78, 5) is 4.88. The number of benzene rings is 1. The minimum absolute atomic E-state index is 0.00542. The number of unbranched alkanes of at least 4 members (excludes halogenated alkanes) is 1. The first kappa shape index (κ1) is 31.3. The van der Waals surface area contributed by atoms with Crippen LogP contribution >= 0.6 is 0 Å². The van der Waals surface area contributed by atoms with Crippen molar-refractivity contribution in [2.75, 3.05) is 26.3 Å². The number of nitrogens with one attached hydrogen (secondary N) is 1. The molecule has 0 amide bonds. The number of allylic oxidation sites excluding steroid dienone is 2. The second-order valence-corrected chi connectivity index (χ2v) is 12.2. The van der Waals surface area contributed by atoms with E-state index >= 15 is 0 Å². The van der Waals surface area contributed by atoms with Crippen LogP contribution in [0.2, 0.25) is 0 Å². The van der Waals surface area contributed by atoms with E-state index in [1.54, 1.807) is 13.0 Å². The van der Waals surface area contributed by atoms with Crippen LogP contribution in [0.25, 0.3) is 0 Å². The fraction of sp³-hybridized carbons (Fsp3) is 0.618. The Morgan fingerprint density at radius 2 is 2.00 bits per heavy atom. The minimum atomic E-state index is -0.359. The number of rotatable bonds is 16. The maximum Gasteiger partial charge on any atom is 0.184 e. The molecule has 226 valence electrons. The van der Waals surface area contributed by atoms with E-state index in [-0.39, 0.29) is 30.0 Å². The number of nitrogens with zero attached hydrogens (tertiary/aromatic N) is 1. The van der Waals surface area contributed by atoms with Gasteiger partial charge in [-0.2, -0.15) is 12.0 Å². The van der Waals surface area contributed by atoms with Crippen LogP contribution < -0.4 is 10.1 Å². The number of phenols is 1. The van der Waals surface area contributed by atoms with Crippen molar-refractivity contribution >= 4 is 6.21 Å². The molecule has 0 radical (unpaired) electrons. The van der Waals surface area contributed by atoms with Gasteiger partial charge in [0.15, 0.2) is 17.2 Å². The summed E-state index contributed by atoms with van der Waals surface area (Å²) in [5, 5.41) is 33.3. The first-order chi connectivity index (χ1) is 19.8. The third-order valence-corrected chi connectivity index (χ3v) is 8.71. The van der Waals surface area contributed by atoms with Crippen LogP contribution in [0.3, 0.4) is 0 Å². The van der Waals surface area contributed by atoms with Crippen molar-refractivity contribution in [1.82, 2.24) is 5.32 Å². The maximum absolute atomic E-state index is 10.6. The smallest absolute Gasteiger partial charge is 0.184 e. The number of hydrogen-bond donors (Lipinski definition) is 4. The Morgan fingerprint density at radius 1 is 1.20 bits per heavy atom. The highest BCUT2D eigenvalue weighted by molar-refractivity contribution is 5.83. The molecule has 2 heterocycles. The van der Waals surface area contributed by atoms with Crippen LogP contribution in [-0.4, -0.2) is 60.0 Å². The summed E-state index contributed by atoms with van der Waals surface area (Å²) in [6, 6.07) is 5.61. The average molecular weight is 567 g/mol. The zero-order valence-corrected chi connectivity index (χ0v) is 25.2. The highest BCUT2D eigenvalue weighted by atomic mass is 16.5. The standard InChI is InChI=1S/C34H50N2O5/c1-4-5-9-31-28(22-37)17-29(41-31)12-10-26-11-13-30(39)32(16-26)40-23-34(14-7-6-8-15-34)33-18-27(21-36-33)24(2)19-35-20-25(3)38/h11,13,16-18,21,24-25,31,35,37-39H,4-10,12,14-15,19-20,22-23H2,1-3H3. The predicted octanol–water partition coefficient (Wildman–Crippen LogP) is 5.84. The Balaban J connectivity index is 1.37. The molecule has 3 atom stereocenters. The van der Waals surface area contributed by atoms with Gasteiger partial charge in [0, 0.05) is 25.8 Å². The molecule has 41 heavy (non-hydrogen) atoms. The third-order valence-electron chi connectivity index (χ3n) is 8.71. The maximum atomic E-state index is 10.6. The van der Waals surface area contributed by atoms with E-state index in [9.17, 15) is 15.3 Å². The lowest BCUT2D eigenvalue weighted by molar-refractivity contribution is 0.123. The van der Waals surface area contributed by atoms with Gasteiger partial charge in [-0.25, -0.2) is 0 Å². The lowest BCUT2D eigenvalue weighted by atomic mass is 9.72. The molecule has 1 saturated carbocycles. The zero-order chi connectivity index (χ0) is 29.2. The topological polar surface area (TPSA) is 104 Å². The Hall–Kier alpha value is -2.61. The molecule has 1 aromatic rings. The summed E-state index contributed by atoms with van der Waals surface area (Å²) in [5.41, 5.74) is 2.00. The van der Waals surface area contributed by atoms with E-state index in [1.165, 1.54) is 12.3 Å². The van der Waals surface area contributed by atoms with Crippen molar-refractivity contribution in [2.24, 2.45) is 16.3 Å². The van der Waals surface area contributed by atoms with E-state index in [0.717, 1.165) is 87.3 Å². The molecule has 0 spiro atoms. The van der Waals surface area contributed by atoms with Crippen LogP contribution in [-0.2, 0) is 11.2 Å². The number of aliphatic hydroxyl groups is 2. The molecule has 1 fully saturated rings. The summed E-state index contributed by atoms with van der Waals surface area (Å²) in [6.45, 7) is 8.03. The normalized spacial score (nSPS) is 21.4. The monoisotopic (exact) mass is 566 g/mol. The van der Waals surface area contributed by atoms with Gasteiger partial charge < -0.3 is 30.1 Å². The quantitative estimate of drug-likeness (QED) is 0.187. The van der Waals surface area contributed by atoms with Gasteiger partial charge in [0.2, 0.25) is 0 Å². The molecule has 0 bridgehead atoms. The minimum Gasteiger partial charge on any atom is -0.592 e. The van der Waals surface area contributed by atoms with E-state index in [0.29, 0.717) is 24.8 Å². The number of aromatic hydroxyl groups is 1. The SMILES string of the molecule is CCCCC1OC(CCc2ccc(O)c(OCC3(C4=C[C+](C(C)CNCC(C)O)C=N4)CCCCC3)c2)=C[C-]1CO. The van der Waals surface area contributed by atoms with Crippen LogP contribution in [0.4, 0.5) is 0 Å². The van der Waals surface area contributed by atoms with Crippen molar-refractivity contribution in [1.29, 1.82) is 0 Å².